The molecule has 0 aliphatic carbocycles. The van der Waals surface area contributed by atoms with E-state index in [-0.39, 0.29) is 5.91 Å². The van der Waals surface area contributed by atoms with Gasteiger partial charge in [0, 0.05) is 24.5 Å². The van der Waals surface area contributed by atoms with Crippen molar-refractivity contribution >= 4 is 5.91 Å². The van der Waals surface area contributed by atoms with E-state index in [1.165, 1.54) is 0 Å². The van der Waals surface area contributed by atoms with Crippen molar-refractivity contribution in [2.75, 3.05) is 13.7 Å². The summed E-state index contributed by atoms with van der Waals surface area (Å²) >= 11 is 0. The maximum Gasteiger partial charge on any atom is 0.251 e. The van der Waals surface area contributed by atoms with Gasteiger partial charge in [-0.25, -0.2) is 0 Å². The van der Waals surface area contributed by atoms with E-state index in [2.05, 4.69) is 24.1 Å². The Morgan fingerprint density at radius 1 is 1.25 bits per heavy atom. The van der Waals surface area contributed by atoms with Crippen LogP contribution in [0.1, 0.15) is 36.2 Å². The lowest BCUT2D eigenvalue weighted by Crippen LogP contribution is -2.22. The minimum Gasteiger partial charge on any atom is -0.493 e. The topological polar surface area (TPSA) is 60.5 Å². The molecule has 0 unspecified atom stereocenters. The van der Waals surface area contributed by atoms with Crippen LogP contribution in [0.4, 0.5) is 0 Å². The number of amides is 1. The molecule has 1 aromatic heterocycles. The van der Waals surface area contributed by atoms with Crippen molar-refractivity contribution in [1.82, 2.24) is 10.3 Å². The number of nitrogens with one attached hydrogen (secondary N) is 1. The number of nitrogens with zero attached hydrogens (tertiary/aromatic N) is 1. The first-order valence-electron chi connectivity index (χ1n) is 8.08. The van der Waals surface area contributed by atoms with Gasteiger partial charge in [0.1, 0.15) is 0 Å². The zero-order valence-corrected chi connectivity index (χ0v) is 14.4. The molecule has 1 heterocycles. The van der Waals surface area contributed by atoms with Gasteiger partial charge in [-0.15, -0.1) is 0 Å². The smallest absolute Gasteiger partial charge is 0.251 e. The number of aromatic nitrogens is 1. The average molecular weight is 328 g/mol. The Kier molecular flexibility index (Phi) is 6.61. The minimum absolute atomic E-state index is 0.161. The fourth-order valence-corrected chi connectivity index (χ4v) is 2.12. The monoisotopic (exact) mass is 328 g/mol. The van der Waals surface area contributed by atoms with Gasteiger partial charge in [-0.3, -0.25) is 9.78 Å². The number of carbonyl (C=O) groups is 1. The van der Waals surface area contributed by atoms with Crippen LogP contribution >= 0.6 is 0 Å². The van der Waals surface area contributed by atoms with Crippen LogP contribution in [-0.4, -0.2) is 24.6 Å². The molecule has 0 bridgehead atoms. The van der Waals surface area contributed by atoms with E-state index in [1.807, 2.05) is 12.1 Å². The lowest BCUT2D eigenvalue weighted by molar-refractivity contribution is 0.0950. The second-order valence-electron chi connectivity index (χ2n) is 5.94. The van der Waals surface area contributed by atoms with Gasteiger partial charge in [-0.2, -0.15) is 0 Å². The second-order valence-corrected chi connectivity index (χ2v) is 5.94. The molecule has 0 radical (unpaired) electrons. The first-order valence-corrected chi connectivity index (χ1v) is 8.08. The van der Waals surface area contributed by atoms with E-state index < -0.39 is 0 Å². The Morgan fingerprint density at radius 2 is 2.08 bits per heavy atom. The maximum absolute atomic E-state index is 12.3. The first kappa shape index (κ1) is 17.8. The molecule has 1 N–H and O–H groups in total. The second kappa shape index (κ2) is 8.91. The van der Waals surface area contributed by atoms with E-state index in [4.69, 9.17) is 9.47 Å². The minimum atomic E-state index is -0.161. The van der Waals surface area contributed by atoms with Gasteiger partial charge in [0.15, 0.2) is 11.5 Å². The lowest BCUT2D eigenvalue weighted by Gasteiger charge is -2.13. The van der Waals surface area contributed by atoms with Crippen LogP contribution < -0.4 is 14.8 Å². The summed E-state index contributed by atoms with van der Waals surface area (Å²) in [5.41, 5.74) is 1.48. The summed E-state index contributed by atoms with van der Waals surface area (Å²) in [5, 5.41) is 2.87. The molecule has 0 fully saturated rings. The first-order chi connectivity index (χ1) is 11.6. The van der Waals surface area contributed by atoms with Crippen LogP contribution in [0.2, 0.25) is 0 Å². The molecular weight excluding hydrogens is 304 g/mol. The van der Waals surface area contributed by atoms with Crippen molar-refractivity contribution in [1.29, 1.82) is 0 Å². The largest absolute Gasteiger partial charge is 0.493 e. The van der Waals surface area contributed by atoms with Gasteiger partial charge in [0.2, 0.25) is 0 Å². The zero-order valence-electron chi connectivity index (χ0n) is 14.4. The number of methoxy groups -OCH3 is 1. The summed E-state index contributed by atoms with van der Waals surface area (Å²) in [7, 11) is 1.57. The van der Waals surface area contributed by atoms with Gasteiger partial charge >= 0.3 is 0 Å². The van der Waals surface area contributed by atoms with Gasteiger partial charge in [0.25, 0.3) is 5.91 Å². The summed E-state index contributed by atoms with van der Waals surface area (Å²) in [6.07, 6.45) is 4.40. The quantitative estimate of drug-likeness (QED) is 0.806. The number of pyridine rings is 1. The molecule has 2 rings (SSSR count). The number of benzene rings is 1. The molecule has 0 spiro atoms. The average Bonchev–Trinajstić information content (AvgIpc) is 2.60. The van der Waals surface area contributed by atoms with Crippen molar-refractivity contribution in [3.05, 3.63) is 53.9 Å². The summed E-state index contributed by atoms with van der Waals surface area (Å²) in [6, 6.07) is 8.97. The zero-order chi connectivity index (χ0) is 17.4. The molecule has 0 atom stereocenters. The van der Waals surface area contributed by atoms with Crippen LogP contribution in [0.15, 0.2) is 42.7 Å². The molecule has 0 aliphatic rings. The van der Waals surface area contributed by atoms with Crippen molar-refractivity contribution in [2.24, 2.45) is 5.92 Å². The molecule has 2 aromatic rings. The highest BCUT2D eigenvalue weighted by atomic mass is 16.5. The Morgan fingerprint density at radius 3 is 2.75 bits per heavy atom. The summed E-state index contributed by atoms with van der Waals surface area (Å²) in [5.74, 6) is 1.63. The summed E-state index contributed by atoms with van der Waals surface area (Å²) in [6.45, 7) is 5.36. The van der Waals surface area contributed by atoms with Crippen LogP contribution in [-0.2, 0) is 6.54 Å². The molecule has 0 aliphatic heterocycles. The predicted octanol–water partition coefficient (Wildman–Crippen LogP) is 3.45. The third-order valence-electron chi connectivity index (χ3n) is 3.55. The number of ether oxygens (including phenoxy) is 2. The summed E-state index contributed by atoms with van der Waals surface area (Å²) in [4.78, 5) is 16.3. The van der Waals surface area contributed by atoms with Crippen molar-refractivity contribution in [3.8, 4) is 11.5 Å². The van der Waals surface area contributed by atoms with E-state index in [1.54, 1.807) is 37.7 Å². The number of hydrogen-bond donors (Lipinski definition) is 1. The predicted molar refractivity (Wildman–Crippen MR) is 93.4 cm³/mol. The Bertz CT molecular complexity index is 657. The molecule has 5 nitrogen and oxygen atoms in total. The summed E-state index contributed by atoms with van der Waals surface area (Å²) < 4.78 is 11.1. The molecule has 24 heavy (non-hydrogen) atoms. The Balaban J connectivity index is 1.98. The van der Waals surface area contributed by atoms with Gasteiger partial charge in [-0.05, 0) is 42.2 Å². The van der Waals surface area contributed by atoms with Crippen molar-refractivity contribution in [3.63, 3.8) is 0 Å². The normalized spacial score (nSPS) is 10.5. The van der Waals surface area contributed by atoms with Crippen LogP contribution in [0.3, 0.4) is 0 Å². The number of rotatable bonds is 8. The molecule has 0 saturated heterocycles. The molecular formula is C19H24N2O3. The highest BCUT2D eigenvalue weighted by Crippen LogP contribution is 2.28. The highest BCUT2D eigenvalue weighted by molar-refractivity contribution is 5.94. The van der Waals surface area contributed by atoms with E-state index in [0.29, 0.717) is 36.1 Å². The maximum atomic E-state index is 12.3. The Hall–Kier alpha value is -2.56. The third-order valence-corrected chi connectivity index (χ3v) is 3.55. The SMILES string of the molecule is COc1cc(C(=O)NCc2cccnc2)ccc1OCCC(C)C. The van der Waals surface area contributed by atoms with Crippen LogP contribution in [0.5, 0.6) is 11.5 Å². The fourth-order valence-electron chi connectivity index (χ4n) is 2.12. The van der Waals surface area contributed by atoms with E-state index in [0.717, 1.165) is 12.0 Å². The van der Waals surface area contributed by atoms with Crippen LogP contribution in [0.25, 0.3) is 0 Å². The number of hydrogen-bond acceptors (Lipinski definition) is 4. The molecule has 1 aromatic carbocycles. The third kappa shape index (κ3) is 5.26. The highest BCUT2D eigenvalue weighted by Gasteiger charge is 2.11. The molecule has 5 heteroatoms. The van der Waals surface area contributed by atoms with Crippen molar-refractivity contribution in [2.45, 2.75) is 26.8 Å². The lowest BCUT2D eigenvalue weighted by atomic mass is 10.1. The fraction of sp³-hybridized carbons (Fsp3) is 0.368. The number of carbonyl (C=O) groups excluding carboxylic acids is 1. The molecule has 0 saturated carbocycles. The molecule has 1 amide bonds. The standard InChI is InChI=1S/C19H24N2O3/c1-14(2)8-10-24-17-7-6-16(11-18(17)23-3)19(22)21-13-15-5-4-9-20-12-15/h4-7,9,11-12,14H,8,10,13H2,1-3H3,(H,21,22). The van der Waals surface area contributed by atoms with E-state index in [9.17, 15) is 4.79 Å². The molecule has 128 valence electrons. The van der Waals surface area contributed by atoms with Crippen molar-refractivity contribution < 1.29 is 14.3 Å². The van der Waals surface area contributed by atoms with Gasteiger partial charge in [0.05, 0.1) is 13.7 Å². The van der Waals surface area contributed by atoms with E-state index >= 15 is 0 Å². The Labute approximate surface area is 143 Å². The van der Waals surface area contributed by atoms with Gasteiger partial charge in [-0.1, -0.05) is 19.9 Å². The van der Waals surface area contributed by atoms with Gasteiger partial charge < -0.3 is 14.8 Å². The van der Waals surface area contributed by atoms with Crippen LogP contribution in [0, 0.1) is 5.92 Å².